The Labute approximate surface area is 64.1 Å². The van der Waals surface area contributed by atoms with Crippen molar-refractivity contribution in [1.82, 2.24) is 0 Å². The van der Waals surface area contributed by atoms with Crippen LogP contribution in [0.1, 0.15) is 0 Å². The molecule has 0 heterocycles. The minimum absolute atomic E-state index is 0.150. The molecule has 2 atom stereocenters. The van der Waals surface area contributed by atoms with Crippen molar-refractivity contribution < 1.29 is 0 Å². The monoisotopic (exact) mass is 163 g/mol. The second-order valence-corrected chi connectivity index (χ2v) is 2.85. The molecule has 0 aliphatic heterocycles. The van der Waals surface area contributed by atoms with Crippen molar-refractivity contribution in [3.8, 4) is 0 Å². The summed E-state index contributed by atoms with van der Waals surface area (Å²) >= 11 is 11.4. The number of hydrogen-bond acceptors (Lipinski definition) is 1. The molecule has 0 aromatic rings. The number of rotatable bonds is 0. The van der Waals surface area contributed by atoms with Crippen molar-refractivity contribution >= 4 is 23.2 Å². The first kappa shape index (κ1) is 7.13. The largest absolute Gasteiger partial charge is 0.322 e. The molecule has 0 saturated carbocycles. The molecular weight excluding hydrogens is 157 g/mol. The van der Waals surface area contributed by atoms with Crippen LogP contribution in [0.25, 0.3) is 0 Å². The van der Waals surface area contributed by atoms with Gasteiger partial charge in [0.2, 0.25) is 0 Å². The summed E-state index contributed by atoms with van der Waals surface area (Å²) in [5.74, 6) is 0. The molecule has 0 aromatic heterocycles. The van der Waals surface area contributed by atoms with Crippen LogP contribution in [0.2, 0.25) is 0 Å². The summed E-state index contributed by atoms with van der Waals surface area (Å²) in [6, 6.07) is -0.224. The third-order valence-corrected chi connectivity index (χ3v) is 2.01. The van der Waals surface area contributed by atoms with Gasteiger partial charge in [-0.15, -0.1) is 11.6 Å². The van der Waals surface area contributed by atoms with E-state index in [-0.39, 0.29) is 11.4 Å². The Balaban J connectivity index is 2.73. The maximum absolute atomic E-state index is 5.72. The molecule has 1 rings (SSSR count). The van der Waals surface area contributed by atoms with Crippen LogP contribution in [0.3, 0.4) is 0 Å². The second-order valence-electron chi connectivity index (χ2n) is 1.91. The Bertz CT molecular complexity index is 162. The lowest BCUT2D eigenvalue weighted by molar-refractivity contribution is 0.818. The predicted octanol–water partition coefficient (Wildman–Crippen LogP) is 1.61. The van der Waals surface area contributed by atoms with E-state index in [1.165, 1.54) is 0 Å². The second kappa shape index (κ2) is 2.74. The van der Waals surface area contributed by atoms with E-state index in [2.05, 4.69) is 0 Å². The Kier molecular flexibility index (Phi) is 2.17. The molecule has 1 aliphatic rings. The lowest BCUT2D eigenvalue weighted by Gasteiger charge is -2.16. The zero-order valence-electron chi connectivity index (χ0n) is 4.72. The fourth-order valence-electron chi connectivity index (χ4n) is 0.637. The number of alkyl halides is 1. The molecule has 3 heteroatoms. The average molecular weight is 164 g/mol. The molecule has 0 spiro atoms. The summed E-state index contributed by atoms with van der Waals surface area (Å²) in [5.41, 5.74) is 5.54. The summed E-state index contributed by atoms with van der Waals surface area (Å²) in [4.78, 5) is 0. The summed E-state index contributed by atoms with van der Waals surface area (Å²) in [6.45, 7) is 0. The van der Waals surface area contributed by atoms with Crippen LogP contribution in [-0.4, -0.2) is 11.4 Å². The topological polar surface area (TPSA) is 26.0 Å². The van der Waals surface area contributed by atoms with Crippen LogP contribution in [0.5, 0.6) is 0 Å². The van der Waals surface area contributed by atoms with Crippen LogP contribution in [0.4, 0.5) is 0 Å². The molecule has 50 valence electrons. The van der Waals surface area contributed by atoms with Gasteiger partial charge in [0, 0.05) is 5.03 Å². The Hall–Kier alpha value is 0.0200. The third-order valence-electron chi connectivity index (χ3n) is 1.21. The lowest BCUT2D eigenvalue weighted by atomic mass is 10.1. The Morgan fingerprint density at radius 1 is 1.56 bits per heavy atom. The first-order chi connectivity index (χ1) is 4.22. The molecule has 0 amide bonds. The smallest absolute Gasteiger partial charge is 0.0720 e. The van der Waals surface area contributed by atoms with Gasteiger partial charge in [0.1, 0.15) is 0 Å². The van der Waals surface area contributed by atoms with Gasteiger partial charge in [-0.25, -0.2) is 0 Å². The van der Waals surface area contributed by atoms with Gasteiger partial charge < -0.3 is 5.73 Å². The van der Waals surface area contributed by atoms with Gasteiger partial charge in [0.25, 0.3) is 0 Å². The van der Waals surface area contributed by atoms with E-state index >= 15 is 0 Å². The molecule has 1 aliphatic carbocycles. The fraction of sp³-hybridized carbons (Fsp3) is 0.333. The van der Waals surface area contributed by atoms with Crippen molar-refractivity contribution in [2.75, 3.05) is 0 Å². The van der Waals surface area contributed by atoms with Gasteiger partial charge in [-0.05, 0) is 6.08 Å². The lowest BCUT2D eigenvalue weighted by Crippen LogP contribution is -2.31. The van der Waals surface area contributed by atoms with E-state index in [4.69, 9.17) is 28.9 Å². The van der Waals surface area contributed by atoms with E-state index in [0.29, 0.717) is 5.03 Å². The summed E-state index contributed by atoms with van der Waals surface area (Å²) in [5, 5.41) is 0.472. The first-order valence-electron chi connectivity index (χ1n) is 2.65. The van der Waals surface area contributed by atoms with Gasteiger partial charge in [-0.3, -0.25) is 0 Å². The molecular formula is C6H7Cl2N. The highest BCUT2D eigenvalue weighted by Gasteiger charge is 2.16. The van der Waals surface area contributed by atoms with E-state index in [9.17, 15) is 0 Å². The molecule has 1 unspecified atom stereocenters. The Morgan fingerprint density at radius 3 is 2.67 bits per heavy atom. The minimum Gasteiger partial charge on any atom is -0.322 e. The SMILES string of the molecule is N[C@H]1C(Cl)=CC=CC1Cl. The summed E-state index contributed by atoms with van der Waals surface area (Å²) in [7, 11) is 0. The van der Waals surface area contributed by atoms with Crippen LogP contribution >= 0.6 is 23.2 Å². The summed E-state index contributed by atoms with van der Waals surface area (Å²) < 4.78 is 0. The molecule has 0 fully saturated rings. The zero-order chi connectivity index (χ0) is 6.85. The maximum atomic E-state index is 5.72. The van der Waals surface area contributed by atoms with Gasteiger partial charge >= 0.3 is 0 Å². The molecule has 0 radical (unpaired) electrons. The highest BCUT2D eigenvalue weighted by molar-refractivity contribution is 6.32. The van der Waals surface area contributed by atoms with E-state index in [0.717, 1.165) is 0 Å². The quantitative estimate of drug-likeness (QED) is 0.540. The van der Waals surface area contributed by atoms with Crippen molar-refractivity contribution in [3.05, 3.63) is 23.3 Å². The van der Waals surface area contributed by atoms with Crippen molar-refractivity contribution in [2.45, 2.75) is 11.4 Å². The van der Waals surface area contributed by atoms with Crippen molar-refractivity contribution in [3.63, 3.8) is 0 Å². The minimum atomic E-state index is -0.224. The van der Waals surface area contributed by atoms with Gasteiger partial charge in [-0.2, -0.15) is 0 Å². The molecule has 0 bridgehead atoms. The van der Waals surface area contributed by atoms with E-state index in [1.807, 2.05) is 12.2 Å². The highest BCUT2D eigenvalue weighted by atomic mass is 35.5. The number of halogens is 2. The van der Waals surface area contributed by atoms with Crippen LogP contribution in [-0.2, 0) is 0 Å². The number of allylic oxidation sites excluding steroid dienone is 2. The van der Waals surface area contributed by atoms with Gasteiger partial charge in [0.05, 0.1) is 11.4 Å². The van der Waals surface area contributed by atoms with E-state index in [1.54, 1.807) is 6.08 Å². The molecule has 9 heavy (non-hydrogen) atoms. The first-order valence-corrected chi connectivity index (χ1v) is 3.47. The predicted molar refractivity (Wildman–Crippen MR) is 40.7 cm³/mol. The number of hydrogen-bond donors (Lipinski definition) is 1. The van der Waals surface area contributed by atoms with Crippen LogP contribution in [0, 0.1) is 0 Å². The normalized spacial score (nSPS) is 34.3. The fourth-order valence-corrected chi connectivity index (χ4v) is 1.13. The standard InChI is InChI=1S/C6H7Cl2N/c7-4-2-1-3-5(8)6(4)9/h1-4,6H,9H2/t4?,6-/m1/s1. The van der Waals surface area contributed by atoms with Crippen molar-refractivity contribution in [1.29, 1.82) is 0 Å². The van der Waals surface area contributed by atoms with E-state index < -0.39 is 0 Å². The Morgan fingerprint density at radius 2 is 2.22 bits per heavy atom. The van der Waals surface area contributed by atoms with Gasteiger partial charge in [0.15, 0.2) is 0 Å². The molecule has 2 N–H and O–H groups in total. The van der Waals surface area contributed by atoms with Crippen molar-refractivity contribution in [2.24, 2.45) is 5.73 Å². The van der Waals surface area contributed by atoms with Crippen LogP contribution in [0.15, 0.2) is 23.3 Å². The maximum Gasteiger partial charge on any atom is 0.0720 e. The molecule has 1 nitrogen and oxygen atoms in total. The number of nitrogens with two attached hydrogens (primary N) is 1. The highest BCUT2D eigenvalue weighted by Crippen LogP contribution is 2.18. The summed E-state index contributed by atoms with van der Waals surface area (Å²) in [6.07, 6.45) is 5.38. The molecule has 0 saturated heterocycles. The third kappa shape index (κ3) is 1.48. The average Bonchev–Trinajstić information content (AvgIpc) is 1.83. The molecule has 0 aromatic carbocycles. The van der Waals surface area contributed by atoms with Gasteiger partial charge in [-0.1, -0.05) is 23.8 Å². The van der Waals surface area contributed by atoms with Crippen LogP contribution < -0.4 is 5.73 Å². The zero-order valence-corrected chi connectivity index (χ0v) is 6.23.